The third-order valence-corrected chi connectivity index (χ3v) is 5.02. The molecule has 0 bridgehead atoms. The third kappa shape index (κ3) is 4.55. The van der Waals surface area contributed by atoms with Gasteiger partial charge in [0.25, 0.3) is 0 Å². The number of fused-ring (bicyclic) bond motifs is 1. The predicted molar refractivity (Wildman–Crippen MR) is 97.3 cm³/mol. The Labute approximate surface area is 155 Å². The van der Waals surface area contributed by atoms with Gasteiger partial charge in [0.1, 0.15) is 17.6 Å². The first-order valence-corrected chi connectivity index (χ1v) is 8.98. The highest BCUT2D eigenvalue weighted by atomic mass is 32.1. The monoisotopic (exact) mass is 367 g/mol. The van der Waals surface area contributed by atoms with E-state index in [1.165, 1.54) is 16.9 Å². The number of aromatic nitrogens is 1. The second kappa shape index (κ2) is 8.41. The molecule has 1 unspecified atom stereocenters. The van der Waals surface area contributed by atoms with Crippen LogP contribution in [0.15, 0.2) is 36.4 Å². The molecule has 26 heavy (non-hydrogen) atoms. The fourth-order valence-electron chi connectivity index (χ4n) is 2.70. The number of carbonyl (C=O) groups is 2. The zero-order chi connectivity index (χ0) is 18.4. The molecule has 0 radical (unpaired) electrons. The number of hydrogen-bond acceptors (Lipinski definition) is 6. The van der Waals surface area contributed by atoms with Crippen molar-refractivity contribution in [2.75, 3.05) is 13.2 Å². The van der Waals surface area contributed by atoms with E-state index in [-0.39, 0.29) is 25.5 Å². The summed E-state index contributed by atoms with van der Waals surface area (Å²) >= 11 is 1.53. The normalized spacial score (nSPS) is 15.0. The van der Waals surface area contributed by atoms with E-state index in [0.29, 0.717) is 5.92 Å². The summed E-state index contributed by atoms with van der Waals surface area (Å²) in [6, 6.07) is 12.0. The predicted octanol–water partition coefficient (Wildman–Crippen LogP) is 2.22. The Balaban J connectivity index is 1.55. The lowest BCUT2D eigenvalue weighted by atomic mass is 9.91. The molecule has 0 saturated heterocycles. The van der Waals surface area contributed by atoms with Crippen molar-refractivity contribution < 1.29 is 14.3 Å². The Bertz CT molecular complexity index is 868. The molecule has 1 N–H and O–H groups in total. The molecule has 1 aliphatic rings. The van der Waals surface area contributed by atoms with E-state index in [4.69, 9.17) is 5.26 Å². The Morgan fingerprint density at radius 1 is 1.35 bits per heavy atom. The van der Waals surface area contributed by atoms with Gasteiger partial charge in [-0.15, -0.1) is 11.3 Å². The number of carbonyl (C=O) groups excluding carboxylic acids is 2. The number of hydrogen-bond donors (Lipinski definition) is 1. The van der Waals surface area contributed by atoms with Gasteiger partial charge in [0, 0.05) is 10.8 Å². The molecule has 1 amide bonds. The van der Waals surface area contributed by atoms with Crippen LogP contribution in [0.2, 0.25) is 0 Å². The molecule has 7 heteroatoms. The first-order valence-electron chi connectivity index (χ1n) is 8.16. The number of ether oxygens (including phenoxy) is 1. The molecular formula is C19H17N3O3S. The number of nitriles is 1. The molecule has 1 aliphatic carbocycles. The van der Waals surface area contributed by atoms with E-state index in [9.17, 15) is 9.59 Å². The lowest BCUT2D eigenvalue weighted by Crippen LogP contribution is -2.31. The van der Waals surface area contributed by atoms with E-state index in [0.717, 1.165) is 22.0 Å². The van der Waals surface area contributed by atoms with Crippen LogP contribution in [0.5, 0.6) is 0 Å². The Morgan fingerprint density at radius 3 is 2.92 bits per heavy atom. The summed E-state index contributed by atoms with van der Waals surface area (Å²) in [6.07, 6.45) is 5.14. The van der Waals surface area contributed by atoms with Crippen LogP contribution < -0.4 is 5.32 Å². The number of allylic oxidation sites excluding steroid dienone is 1. The summed E-state index contributed by atoms with van der Waals surface area (Å²) < 4.78 is 4.57. The van der Waals surface area contributed by atoms with Crippen molar-refractivity contribution in [2.45, 2.75) is 18.8 Å². The SMILES string of the molecule is N#CCOC(=O)CNC(=O)Cc1nc2c(s1)CC(c1ccccc1)C=C2. The van der Waals surface area contributed by atoms with Gasteiger partial charge >= 0.3 is 5.97 Å². The van der Waals surface area contributed by atoms with E-state index < -0.39 is 5.97 Å². The van der Waals surface area contributed by atoms with Crippen molar-refractivity contribution in [3.05, 3.63) is 57.6 Å². The topological polar surface area (TPSA) is 92.1 Å². The number of esters is 1. The number of rotatable bonds is 6. The molecule has 1 heterocycles. The van der Waals surface area contributed by atoms with Gasteiger partial charge in [0.15, 0.2) is 6.61 Å². The van der Waals surface area contributed by atoms with Gasteiger partial charge in [-0.1, -0.05) is 36.4 Å². The first kappa shape index (κ1) is 17.8. The molecule has 3 rings (SSSR count). The smallest absolute Gasteiger partial charge is 0.326 e. The van der Waals surface area contributed by atoms with Gasteiger partial charge < -0.3 is 10.1 Å². The summed E-state index contributed by atoms with van der Waals surface area (Å²) in [7, 11) is 0. The van der Waals surface area contributed by atoms with Crippen LogP contribution in [0.3, 0.4) is 0 Å². The van der Waals surface area contributed by atoms with Gasteiger partial charge in [-0.05, 0) is 18.1 Å². The largest absolute Gasteiger partial charge is 0.449 e. The number of nitrogens with one attached hydrogen (secondary N) is 1. The minimum atomic E-state index is -0.632. The highest BCUT2D eigenvalue weighted by molar-refractivity contribution is 7.12. The van der Waals surface area contributed by atoms with Crippen LogP contribution in [0.25, 0.3) is 6.08 Å². The summed E-state index contributed by atoms with van der Waals surface area (Å²) in [5.41, 5.74) is 2.18. The van der Waals surface area contributed by atoms with Crippen molar-refractivity contribution in [3.63, 3.8) is 0 Å². The van der Waals surface area contributed by atoms with Gasteiger partial charge in [0.2, 0.25) is 5.91 Å². The van der Waals surface area contributed by atoms with E-state index in [2.05, 4.69) is 33.2 Å². The Kier molecular flexibility index (Phi) is 5.77. The molecular weight excluding hydrogens is 350 g/mol. The number of benzene rings is 1. The van der Waals surface area contributed by atoms with Gasteiger partial charge in [-0.3, -0.25) is 9.59 Å². The standard InChI is InChI=1S/C19H17N3O3S/c20-8-9-25-19(24)12-21-17(23)11-18-22-15-7-6-14(10-16(15)26-18)13-4-2-1-3-5-13/h1-7,14H,9-12H2,(H,21,23). The van der Waals surface area contributed by atoms with Crippen LogP contribution in [0.4, 0.5) is 0 Å². The van der Waals surface area contributed by atoms with Crippen LogP contribution in [0.1, 0.15) is 27.1 Å². The summed E-state index contributed by atoms with van der Waals surface area (Å²) in [6.45, 7) is -0.565. The minimum Gasteiger partial charge on any atom is -0.449 e. The van der Waals surface area contributed by atoms with Gasteiger partial charge in [0.05, 0.1) is 12.1 Å². The second-order valence-corrected chi connectivity index (χ2v) is 6.94. The molecule has 0 saturated carbocycles. The van der Waals surface area contributed by atoms with Crippen molar-refractivity contribution in [1.29, 1.82) is 5.26 Å². The van der Waals surface area contributed by atoms with E-state index >= 15 is 0 Å². The fraction of sp³-hybridized carbons (Fsp3) is 0.263. The highest BCUT2D eigenvalue weighted by Gasteiger charge is 2.20. The van der Waals surface area contributed by atoms with Crippen LogP contribution >= 0.6 is 11.3 Å². The fourth-order valence-corrected chi connectivity index (χ4v) is 3.82. The first-order chi connectivity index (χ1) is 12.7. The molecule has 0 spiro atoms. The molecule has 1 aromatic heterocycles. The van der Waals surface area contributed by atoms with Gasteiger partial charge in [-0.25, -0.2) is 4.98 Å². The van der Waals surface area contributed by atoms with Crippen LogP contribution in [-0.4, -0.2) is 30.0 Å². The van der Waals surface area contributed by atoms with Crippen molar-refractivity contribution in [2.24, 2.45) is 0 Å². The molecule has 1 atom stereocenters. The molecule has 6 nitrogen and oxygen atoms in total. The number of thiazole rings is 1. The average molecular weight is 367 g/mol. The third-order valence-electron chi connectivity index (χ3n) is 3.93. The molecule has 0 fully saturated rings. The zero-order valence-corrected chi connectivity index (χ0v) is 14.8. The molecule has 132 valence electrons. The summed E-state index contributed by atoms with van der Waals surface area (Å²) in [5.74, 6) is -0.610. The van der Waals surface area contributed by atoms with E-state index in [1.54, 1.807) is 6.07 Å². The quantitative estimate of drug-likeness (QED) is 0.791. The second-order valence-electron chi connectivity index (χ2n) is 5.77. The molecule has 2 aromatic rings. The summed E-state index contributed by atoms with van der Waals surface area (Å²) in [5, 5.41) is 11.5. The average Bonchev–Trinajstić information content (AvgIpc) is 3.06. The highest BCUT2D eigenvalue weighted by Crippen LogP contribution is 2.33. The number of amides is 1. The van der Waals surface area contributed by atoms with Crippen LogP contribution in [-0.2, 0) is 27.2 Å². The lowest BCUT2D eigenvalue weighted by Gasteiger charge is -2.16. The van der Waals surface area contributed by atoms with Gasteiger partial charge in [-0.2, -0.15) is 5.26 Å². The van der Waals surface area contributed by atoms with Crippen molar-refractivity contribution >= 4 is 29.3 Å². The van der Waals surface area contributed by atoms with Crippen molar-refractivity contribution in [3.8, 4) is 6.07 Å². The lowest BCUT2D eigenvalue weighted by molar-refractivity contribution is -0.142. The van der Waals surface area contributed by atoms with Crippen molar-refractivity contribution in [1.82, 2.24) is 10.3 Å². The Hall–Kier alpha value is -2.98. The zero-order valence-electron chi connectivity index (χ0n) is 14.0. The maximum Gasteiger partial charge on any atom is 0.326 e. The van der Waals surface area contributed by atoms with Crippen LogP contribution in [0, 0.1) is 11.3 Å². The molecule has 0 aliphatic heterocycles. The van der Waals surface area contributed by atoms with E-state index in [1.807, 2.05) is 24.3 Å². The summed E-state index contributed by atoms with van der Waals surface area (Å²) in [4.78, 5) is 28.9. The number of nitrogens with zero attached hydrogens (tertiary/aromatic N) is 2. The Morgan fingerprint density at radius 2 is 2.15 bits per heavy atom. The molecule has 1 aromatic carbocycles. The maximum absolute atomic E-state index is 12.0. The minimum absolute atomic E-state index is 0.118. The maximum atomic E-state index is 12.0.